The summed E-state index contributed by atoms with van der Waals surface area (Å²) in [6.07, 6.45) is -2.68. The molecule has 1 aromatic carbocycles. The van der Waals surface area contributed by atoms with Crippen molar-refractivity contribution in [2.45, 2.75) is 6.43 Å². The zero-order valence-corrected chi connectivity index (χ0v) is 10.4. The van der Waals surface area contributed by atoms with Gasteiger partial charge in [-0.1, -0.05) is 0 Å². The van der Waals surface area contributed by atoms with Crippen LogP contribution in [0.15, 0.2) is 22.7 Å². The lowest BCUT2D eigenvalue weighted by atomic mass is 10.1. The van der Waals surface area contributed by atoms with Gasteiger partial charge in [0, 0.05) is 24.2 Å². The van der Waals surface area contributed by atoms with Crippen LogP contribution >= 0.6 is 15.9 Å². The number of pyridine rings is 1. The first kappa shape index (κ1) is 12.2. The Kier molecular flexibility index (Phi) is 3.24. The number of benzene rings is 1. The van der Waals surface area contributed by atoms with Crippen LogP contribution in [0.1, 0.15) is 12.1 Å². The molecule has 0 aliphatic rings. The van der Waals surface area contributed by atoms with Crippen LogP contribution in [0.3, 0.4) is 0 Å². The Morgan fingerprint density at radius 1 is 1.29 bits per heavy atom. The number of alkyl halides is 2. The lowest BCUT2D eigenvalue weighted by molar-refractivity contribution is 0.146. The fourth-order valence-electron chi connectivity index (χ4n) is 1.56. The van der Waals surface area contributed by atoms with Gasteiger partial charge in [0.15, 0.2) is 0 Å². The van der Waals surface area contributed by atoms with Crippen molar-refractivity contribution >= 4 is 32.5 Å². The molecule has 6 heteroatoms. The summed E-state index contributed by atoms with van der Waals surface area (Å²) in [5, 5.41) is 3.38. The molecule has 2 aromatic rings. The highest BCUT2D eigenvalue weighted by Gasteiger charge is 2.14. The fourth-order valence-corrected chi connectivity index (χ4v) is 1.90. The molecule has 0 aliphatic carbocycles. The molecule has 2 nitrogen and oxygen atoms in total. The Balaban J connectivity index is 2.78. The van der Waals surface area contributed by atoms with E-state index in [4.69, 9.17) is 0 Å². The molecule has 1 N–H and O–H groups in total. The Hall–Kier alpha value is -1.30. The van der Waals surface area contributed by atoms with Gasteiger partial charge in [-0.3, -0.25) is 0 Å². The summed E-state index contributed by atoms with van der Waals surface area (Å²) in [4.78, 5) is 3.73. The van der Waals surface area contributed by atoms with E-state index in [1.54, 1.807) is 7.05 Å². The monoisotopic (exact) mass is 304 g/mol. The highest BCUT2D eigenvalue weighted by molar-refractivity contribution is 9.10. The van der Waals surface area contributed by atoms with Gasteiger partial charge in [-0.25, -0.2) is 18.2 Å². The molecule has 90 valence electrons. The molecule has 0 spiro atoms. The molecular formula is C11H8BrF3N2. The van der Waals surface area contributed by atoms with E-state index in [2.05, 4.69) is 26.2 Å². The van der Waals surface area contributed by atoms with E-state index in [9.17, 15) is 13.2 Å². The molecule has 0 aliphatic heterocycles. The van der Waals surface area contributed by atoms with Crippen LogP contribution in [-0.2, 0) is 0 Å². The number of anilines is 1. The predicted octanol–water partition coefficient (Wildman–Crippen LogP) is 4.12. The van der Waals surface area contributed by atoms with E-state index in [0.29, 0.717) is 11.1 Å². The first-order valence-electron chi connectivity index (χ1n) is 4.78. The highest BCUT2D eigenvalue weighted by atomic mass is 79.9. The Labute approximate surface area is 104 Å². The number of hydrogen-bond donors (Lipinski definition) is 1. The third-order valence-electron chi connectivity index (χ3n) is 2.36. The van der Waals surface area contributed by atoms with Crippen molar-refractivity contribution in [3.8, 4) is 0 Å². The van der Waals surface area contributed by atoms with Crippen molar-refractivity contribution in [1.29, 1.82) is 0 Å². The molecule has 0 saturated heterocycles. The van der Waals surface area contributed by atoms with Gasteiger partial charge >= 0.3 is 0 Å². The first-order chi connectivity index (χ1) is 8.02. The van der Waals surface area contributed by atoms with Gasteiger partial charge in [0.05, 0.1) is 9.99 Å². The molecule has 1 aromatic heterocycles. The van der Waals surface area contributed by atoms with Gasteiger partial charge in [0.2, 0.25) is 0 Å². The van der Waals surface area contributed by atoms with Gasteiger partial charge in [-0.15, -0.1) is 0 Å². The van der Waals surface area contributed by atoms with Gasteiger partial charge < -0.3 is 5.32 Å². The second-order valence-electron chi connectivity index (χ2n) is 3.43. The quantitative estimate of drug-likeness (QED) is 0.903. The minimum Gasteiger partial charge on any atom is -0.388 e. The van der Waals surface area contributed by atoms with Crippen molar-refractivity contribution in [3.05, 3.63) is 34.2 Å². The number of rotatable bonds is 2. The maximum absolute atomic E-state index is 13.3. The molecule has 0 saturated carbocycles. The minimum atomic E-state index is -2.68. The number of nitrogens with zero attached hydrogens (tertiary/aromatic N) is 1. The van der Waals surface area contributed by atoms with Crippen molar-refractivity contribution in [2.24, 2.45) is 0 Å². The second-order valence-corrected chi connectivity index (χ2v) is 4.28. The van der Waals surface area contributed by atoms with Crippen molar-refractivity contribution in [1.82, 2.24) is 4.98 Å². The summed E-state index contributed by atoms with van der Waals surface area (Å²) in [5.41, 5.74) is 0.322. The summed E-state index contributed by atoms with van der Waals surface area (Å²) in [6, 6.07) is 3.90. The fraction of sp³-hybridized carbons (Fsp3) is 0.182. The molecule has 0 fully saturated rings. The van der Waals surface area contributed by atoms with Crippen LogP contribution < -0.4 is 5.32 Å². The van der Waals surface area contributed by atoms with Crippen LogP contribution in [-0.4, -0.2) is 12.0 Å². The second kappa shape index (κ2) is 4.52. The summed E-state index contributed by atoms with van der Waals surface area (Å²) >= 11 is 3.05. The average Bonchev–Trinajstić information content (AvgIpc) is 2.29. The molecule has 0 amide bonds. The molecule has 0 bridgehead atoms. The number of hydrogen-bond acceptors (Lipinski definition) is 2. The summed E-state index contributed by atoms with van der Waals surface area (Å²) in [6.45, 7) is 0. The number of nitrogens with one attached hydrogen (secondary N) is 1. The van der Waals surface area contributed by atoms with Crippen LogP contribution in [0.4, 0.5) is 18.9 Å². The van der Waals surface area contributed by atoms with Crippen LogP contribution in [0.2, 0.25) is 0 Å². The third-order valence-corrected chi connectivity index (χ3v) is 2.97. The summed E-state index contributed by atoms with van der Waals surface area (Å²) in [5.74, 6) is -0.529. The Morgan fingerprint density at radius 3 is 2.59 bits per heavy atom. The van der Waals surface area contributed by atoms with Gasteiger partial charge in [-0.2, -0.15) is 0 Å². The minimum absolute atomic E-state index is 0.202. The maximum atomic E-state index is 13.3. The van der Waals surface area contributed by atoms with E-state index in [0.717, 1.165) is 6.07 Å². The van der Waals surface area contributed by atoms with E-state index < -0.39 is 12.2 Å². The van der Waals surface area contributed by atoms with E-state index in [1.807, 2.05) is 0 Å². The van der Waals surface area contributed by atoms with Gasteiger partial charge in [-0.05, 0) is 28.1 Å². The molecule has 1 heterocycles. The topological polar surface area (TPSA) is 24.9 Å². The van der Waals surface area contributed by atoms with E-state index in [-0.39, 0.29) is 15.7 Å². The lowest BCUT2D eigenvalue weighted by Crippen LogP contribution is -1.97. The molecule has 2 rings (SSSR count). The standard InChI is InChI=1S/C11H8BrF3N2/c1-16-8-4-10(11(14)15)17-9-3-7(13)6(12)2-5(8)9/h2-4,11H,1H3,(H,16,17). The van der Waals surface area contributed by atoms with Crippen molar-refractivity contribution < 1.29 is 13.2 Å². The number of fused-ring (bicyclic) bond motifs is 1. The van der Waals surface area contributed by atoms with Crippen LogP contribution in [0.25, 0.3) is 10.9 Å². The lowest BCUT2D eigenvalue weighted by Gasteiger charge is -2.09. The largest absolute Gasteiger partial charge is 0.388 e. The summed E-state index contributed by atoms with van der Waals surface area (Å²) in [7, 11) is 1.61. The summed E-state index contributed by atoms with van der Waals surface area (Å²) < 4.78 is 38.8. The highest BCUT2D eigenvalue weighted by Crippen LogP contribution is 2.30. The predicted molar refractivity (Wildman–Crippen MR) is 63.9 cm³/mol. The van der Waals surface area contributed by atoms with Gasteiger partial charge in [0.25, 0.3) is 6.43 Å². The van der Waals surface area contributed by atoms with E-state index in [1.165, 1.54) is 12.1 Å². The van der Waals surface area contributed by atoms with Gasteiger partial charge in [0.1, 0.15) is 11.5 Å². The number of aromatic nitrogens is 1. The zero-order valence-electron chi connectivity index (χ0n) is 8.77. The molecule has 0 atom stereocenters. The smallest absolute Gasteiger partial charge is 0.280 e. The maximum Gasteiger partial charge on any atom is 0.280 e. The normalized spacial score (nSPS) is 11.2. The SMILES string of the molecule is CNc1cc(C(F)F)nc2cc(F)c(Br)cc12. The van der Waals surface area contributed by atoms with Crippen LogP contribution in [0, 0.1) is 5.82 Å². The van der Waals surface area contributed by atoms with Crippen molar-refractivity contribution in [3.63, 3.8) is 0 Å². The molecule has 0 radical (unpaired) electrons. The molecular weight excluding hydrogens is 297 g/mol. The Morgan fingerprint density at radius 2 is 2.00 bits per heavy atom. The van der Waals surface area contributed by atoms with E-state index >= 15 is 0 Å². The number of halogens is 4. The molecule has 17 heavy (non-hydrogen) atoms. The van der Waals surface area contributed by atoms with Crippen molar-refractivity contribution in [2.75, 3.05) is 12.4 Å². The zero-order chi connectivity index (χ0) is 12.6. The molecule has 0 unspecified atom stereocenters. The third kappa shape index (κ3) is 2.22. The average molecular weight is 305 g/mol. The first-order valence-corrected chi connectivity index (χ1v) is 5.58. The van der Waals surface area contributed by atoms with Crippen LogP contribution in [0.5, 0.6) is 0 Å². The Bertz CT molecular complexity index is 572.